The molecule has 148 valence electrons. The summed E-state index contributed by atoms with van der Waals surface area (Å²) >= 11 is 3.86. The highest BCUT2D eigenvalue weighted by molar-refractivity contribution is 8.08. The average molecular weight is 419 g/mol. The van der Waals surface area contributed by atoms with Gasteiger partial charge in [0.2, 0.25) is 5.91 Å². The van der Waals surface area contributed by atoms with Crippen molar-refractivity contribution in [3.8, 4) is 11.5 Å². The van der Waals surface area contributed by atoms with Gasteiger partial charge >= 0.3 is 5.97 Å². The van der Waals surface area contributed by atoms with E-state index in [2.05, 4.69) is 17.4 Å². The molecule has 0 radical (unpaired) electrons. The van der Waals surface area contributed by atoms with E-state index in [9.17, 15) is 9.59 Å². The molecular formula is C20H22N2O4S2. The summed E-state index contributed by atoms with van der Waals surface area (Å²) in [4.78, 5) is 23.8. The van der Waals surface area contributed by atoms with Crippen molar-refractivity contribution in [1.29, 1.82) is 0 Å². The SMILES string of the molecule is NC(CCC(=O)O)C(=O)Nc1ccc(Oc2ccc(SCC3CS3)cc2)cc1. The number of hydrogen-bond donors (Lipinski definition) is 3. The highest BCUT2D eigenvalue weighted by Gasteiger charge is 2.22. The second kappa shape index (κ2) is 9.86. The number of benzene rings is 2. The smallest absolute Gasteiger partial charge is 0.303 e. The summed E-state index contributed by atoms with van der Waals surface area (Å²) in [5, 5.41) is 12.1. The van der Waals surface area contributed by atoms with Gasteiger partial charge in [0, 0.05) is 33.8 Å². The fraction of sp³-hybridized carbons (Fsp3) is 0.300. The van der Waals surface area contributed by atoms with E-state index in [4.69, 9.17) is 15.6 Å². The summed E-state index contributed by atoms with van der Waals surface area (Å²) in [6, 6.07) is 14.1. The van der Waals surface area contributed by atoms with Gasteiger partial charge in [-0.25, -0.2) is 0 Å². The molecule has 1 amide bonds. The quantitative estimate of drug-likeness (QED) is 0.398. The lowest BCUT2D eigenvalue weighted by Gasteiger charge is -2.12. The van der Waals surface area contributed by atoms with Gasteiger partial charge < -0.3 is 20.9 Å². The largest absolute Gasteiger partial charge is 0.481 e. The van der Waals surface area contributed by atoms with Crippen molar-refractivity contribution in [1.82, 2.24) is 0 Å². The number of anilines is 1. The van der Waals surface area contributed by atoms with E-state index in [-0.39, 0.29) is 12.8 Å². The van der Waals surface area contributed by atoms with Crippen LogP contribution in [0.3, 0.4) is 0 Å². The van der Waals surface area contributed by atoms with Gasteiger partial charge in [0.05, 0.1) is 6.04 Å². The van der Waals surface area contributed by atoms with Crippen LogP contribution in [0.4, 0.5) is 5.69 Å². The van der Waals surface area contributed by atoms with Gasteiger partial charge in [0.1, 0.15) is 11.5 Å². The molecule has 1 fully saturated rings. The van der Waals surface area contributed by atoms with Crippen LogP contribution in [0.25, 0.3) is 0 Å². The number of carboxylic acids is 1. The first-order valence-electron chi connectivity index (χ1n) is 8.90. The summed E-state index contributed by atoms with van der Waals surface area (Å²) in [7, 11) is 0. The first-order valence-corrected chi connectivity index (χ1v) is 10.9. The molecule has 28 heavy (non-hydrogen) atoms. The number of hydrogen-bond acceptors (Lipinski definition) is 6. The van der Waals surface area contributed by atoms with Crippen LogP contribution in [0.5, 0.6) is 11.5 Å². The summed E-state index contributed by atoms with van der Waals surface area (Å²) < 4.78 is 5.83. The maximum atomic E-state index is 12.0. The number of carbonyl (C=O) groups excluding carboxylic acids is 1. The summed E-state index contributed by atoms with van der Waals surface area (Å²) in [6.45, 7) is 0. The van der Waals surface area contributed by atoms with Crippen molar-refractivity contribution in [3.05, 3.63) is 48.5 Å². The fourth-order valence-corrected chi connectivity index (χ4v) is 4.16. The van der Waals surface area contributed by atoms with Gasteiger partial charge in [-0.2, -0.15) is 11.8 Å². The van der Waals surface area contributed by atoms with E-state index in [1.54, 1.807) is 24.3 Å². The van der Waals surface area contributed by atoms with Crippen LogP contribution >= 0.6 is 23.5 Å². The lowest BCUT2D eigenvalue weighted by atomic mass is 10.1. The Bertz CT molecular complexity index is 808. The monoisotopic (exact) mass is 418 g/mol. The highest BCUT2D eigenvalue weighted by Crippen LogP contribution is 2.35. The number of carbonyl (C=O) groups is 2. The Morgan fingerprint density at radius 3 is 2.36 bits per heavy atom. The molecule has 0 aromatic heterocycles. The molecule has 0 aliphatic carbocycles. The Hall–Kier alpha value is -2.16. The molecule has 2 atom stereocenters. The minimum absolute atomic E-state index is 0.0934. The number of rotatable bonds is 10. The van der Waals surface area contributed by atoms with Crippen LogP contribution < -0.4 is 15.8 Å². The van der Waals surface area contributed by atoms with Crippen LogP contribution in [0.1, 0.15) is 12.8 Å². The zero-order valence-electron chi connectivity index (χ0n) is 15.2. The van der Waals surface area contributed by atoms with E-state index in [1.807, 2.05) is 35.7 Å². The molecule has 0 spiro atoms. The molecule has 4 N–H and O–H groups in total. The second-order valence-electron chi connectivity index (χ2n) is 6.39. The molecule has 0 bridgehead atoms. The molecule has 1 aliphatic heterocycles. The zero-order valence-corrected chi connectivity index (χ0v) is 16.8. The Labute approximate surface area is 172 Å². The highest BCUT2D eigenvalue weighted by atomic mass is 32.2. The predicted molar refractivity (Wildman–Crippen MR) is 113 cm³/mol. The number of carboxylic acid groups (broad SMARTS) is 1. The van der Waals surface area contributed by atoms with Crippen LogP contribution in [0, 0.1) is 0 Å². The van der Waals surface area contributed by atoms with E-state index >= 15 is 0 Å². The van der Waals surface area contributed by atoms with Crippen LogP contribution in [-0.4, -0.2) is 39.8 Å². The fourth-order valence-electron chi connectivity index (χ4n) is 2.34. The standard InChI is InChI=1S/C20H22N2O4S2/c21-18(9-10-19(23)24)20(25)22-13-1-3-14(4-2-13)26-15-5-7-16(8-6-15)27-11-17-12-28-17/h1-8,17-18H,9-12,21H2,(H,22,25)(H,23,24). The number of nitrogens with one attached hydrogen (secondary N) is 1. The Morgan fingerprint density at radius 2 is 1.79 bits per heavy atom. The van der Waals surface area contributed by atoms with Gasteiger partial charge in [-0.1, -0.05) is 0 Å². The molecule has 1 heterocycles. The predicted octanol–water partition coefficient (Wildman–Crippen LogP) is 3.82. The molecular weight excluding hydrogens is 396 g/mol. The molecule has 2 unspecified atom stereocenters. The molecule has 1 saturated heterocycles. The number of amides is 1. The Morgan fingerprint density at radius 1 is 1.18 bits per heavy atom. The third-order valence-corrected chi connectivity index (χ3v) is 6.38. The van der Waals surface area contributed by atoms with E-state index < -0.39 is 17.9 Å². The van der Waals surface area contributed by atoms with Gasteiger partial charge in [-0.3, -0.25) is 9.59 Å². The van der Waals surface area contributed by atoms with E-state index in [0.29, 0.717) is 11.4 Å². The maximum Gasteiger partial charge on any atom is 0.303 e. The van der Waals surface area contributed by atoms with Crippen molar-refractivity contribution in [2.24, 2.45) is 5.73 Å². The summed E-state index contributed by atoms with van der Waals surface area (Å²) in [6.07, 6.45) is -0.0473. The molecule has 3 rings (SSSR count). The first-order chi connectivity index (χ1) is 13.5. The number of aliphatic carboxylic acids is 1. The lowest BCUT2D eigenvalue weighted by molar-refractivity contribution is -0.137. The molecule has 2 aromatic rings. The van der Waals surface area contributed by atoms with Gasteiger partial charge in [0.25, 0.3) is 0 Å². The molecule has 8 heteroatoms. The molecule has 1 aliphatic rings. The number of nitrogens with two attached hydrogens (primary N) is 1. The first kappa shape index (κ1) is 20.6. The minimum atomic E-state index is -0.974. The van der Waals surface area contributed by atoms with Gasteiger partial charge in [-0.05, 0) is 55.0 Å². The van der Waals surface area contributed by atoms with Crippen LogP contribution in [0.2, 0.25) is 0 Å². The average Bonchev–Trinajstić information content (AvgIpc) is 3.51. The maximum absolute atomic E-state index is 12.0. The Kier molecular flexibility index (Phi) is 7.24. The van der Waals surface area contributed by atoms with Crippen molar-refractivity contribution >= 4 is 41.1 Å². The third-order valence-electron chi connectivity index (χ3n) is 4.03. The number of thioether (sulfide) groups is 2. The van der Waals surface area contributed by atoms with Crippen molar-refractivity contribution in [2.45, 2.75) is 29.0 Å². The third kappa shape index (κ3) is 6.78. The normalized spacial score (nSPS) is 16.2. The van der Waals surface area contributed by atoms with Crippen LogP contribution in [0.15, 0.2) is 53.4 Å². The van der Waals surface area contributed by atoms with Crippen molar-refractivity contribution in [2.75, 3.05) is 16.8 Å². The molecule has 2 aromatic carbocycles. The molecule has 0 saturated carbocycles. The van der Waals surface area contributed by atoms with Crippen LogP contribution in [-0.2, 0) is 9.59 Å². The van der Waals surface area contributed by atoms with Gasteiger partial charge in [0.15, 0.2) is 0 Å². The lowest BCUT2D eigenvalue weighted by Crippen LogP contribution is -2.36. The zero-order chi connectivity index (χ0) is 19.9. The summed E-state index contributed by atoms with van der Waals surface area (Å²) in [5.41, 5.74) is 6.27. The summed E-state index contributed by atoms with van der Waals surface area (Å²) in [5.74, 6) is 2.45. The molecule has 6 nitrogen and oxygen atoms in total. The van der Waals surface area contributed by atoms with Crippen molar-refractivity contribution < 1.29 is 19.4 Å². The van der Waals surface area contributed by atoms with E-state index in [1.165, 1.54) is 10.6 Å². The Balaban J connectivity index is 1.48. The van der Waals surface area contributed by atoms with E-state index in [0.717, 1.165) is 16.8 Å². The van der Waals surface area contributed by atoms with Crippen molar-refractivity contribution in [3.63, 3.8) is 0 Å². The second-order valence-corrected chi connectivity index (χ2v) is 8.82. The topological polar surface area (TPSA) is 102 Å². The number of ether oxygens (including phenoxy) is 1. The minimum Gasteiger partial charge on any atom is -0.481 e. The van der Waals surface area contributed by atoms with Gasteiger partial charge in [-0.15, -0.1) is 11.8 Å².